The van der Waals surface area contributed by atoms with Crippen LogP contribution in [0.5, 0.6) is 0 Å². The van der Waals surface area contributed by atoms with Crippen LogP contribution >= 0.6 is 0 Å². The average molecular weight is 444 g/mol. The maximum atomic E-state index is 12.6. The molecule has 0 aromatic heterocycles. The Morgan fingerprint density at radius 1 is 0.903 bits per heavy atom. The lowest BCUT2D eigenvalue weighted by atomic mass is 10.1. The molecule has 1 N–H and O–H groups in total. The minimum Gasteiger partial charge on any atom is -0.372 e. The summed E-state index contributed by atoms with van der Waals surface area (Å²) in [6.45, 7) is 7.85. The van der Waals surface area contributed by atoms with Gasteiger partial charge in [0, 0.05) is 44.0 Å². The van der Waals surface area contributed by atoms with Gasteiger partial charge in [-0.15, -0.1) is 0 Å². The molecule has 2 aromatic rings. The van der Waals surface area contributed by atoms with Gasteiger partial charge in [-0.3, -0.25) is 4.79 Å². The molecule has 1 fully saturated rings. The lowest BCUT2D eigenvalue weighted by molar-refractivity contribution is 0.0951. The lowest BCUT2D eigenvalue weighted by Crippen LogP contribution is -2.36. The summed E-state index contributed by atoms with van der Waals surface area (Å²) < 4.78 is 26.7. The minimum atomic E-state index is -3.30. The zero-order chi connectivity index (χ0) is 22.3. The Hall–Kier alpha value is -2.38. The number of carbonyl (C=O) groups is 1. The Morgan fingerprint density at radius 2 is 1.48 bits per heavy atom. The normalized spacial score (nSPS) is 14.9. The van der Waals surface area contributed by atoms with E-state index in [-0.39, 0.29) is 11.7 Å². The van der Waals surface area contributed by atoms with Crippen molar-refractivity contribution < 1.29 is 13.2 Å². The fourth-order valence-electron chi connectivity index (χ4n) is 3.90. The van der Waals surface area contributed by atoms with Crippen LogP contribution in [0.15, 0.2) is 48.5 Å². The Morgan fingerprint density at radius 3 is 2.06 bits per heavy atom. The number of hydrogen-bond donors (Lipinski definition) is 1. The van der Waals surface area contributed by atoms with Crippen LogP contribution in [-0.4, -0.2) is 44.8 Å². The number of rotatable bonds is 9. The van der Waals surface area contributed by atoms with E-state index in [0.717, 1.165) is 37.9 Å². The van der Waals surface area contributed by atoms with Crippen molar-refractivity contribution in [3.63, 3.8) is 0 Å². The number of nitrogens with one attached hydrogen (secondary N) is 1. The summed E-state index contributed by atoms with van der Waals surface area (Å²) in [5, 5.41) is 2.93. The highest BCUT2D eigenvalue weighted by molar-refractivity contribution is 7.88. The van der Waals surface area contributed by atoms with Crippen molar-refractivity contribution in [2.24, 2.45) is 0 Å². The predicted octanol–water partition coefficient (Wildman–Crippen LogP) is 3.78. The predicted molar refractivity (Wildman–Crippen MR) is 126 cm³/mol. The Kier molecular flexibility index (Phi) is 8.09. The number of anilines is 1. The second kappa shape index (κ2) is 10.8. The smallest absolute Gasteiger partial charge is 0.251 e. The standard InChI is InChI=1S/C24H33N3O3S/c1-3-26(4-2)23-14-10-20(11-15-23)18-25-24(28)22-12-8-21(9-13-22)19-31(29,30)27-16-6-5-7-17-27/h8-15H,3-7,16-19H2,1-2H3,(H,25,28). The molecule has 0 bridgehead atoms. The number of piperidine rings is 1. The molecule has 0 atom stereocenters. The first-order valence-electron chi connectivity index (χ1n) is 11.1. The second-order valence-electron chi connectivity index (χ2n) is 7.93. The van der Waals surface area contributed by atoms with Crippen LogP contribution in [0, 0.1) is 0 Å². The van der Waals surface area contributed by atoms with E-state index in [9.17, 15) is 13.2 Å². The number of amides is 1. The molecule has 0 unspecified atom stereocenters. The van der Waals surface area contributed by atoms with Gasteiger partial charge >= 0.3 is 0 Å². The molecule has 6 nitrogen and oxygen atoms in total. The summed E-state index contributed by atoms with van der Waals surface area (Å²) in [6, 6.07) is 15.1. The molecule has 0 spiro atoms. The molecule has 3 rings (SSSR count). The molecule has 7 heteroatoms. The molecule has 168 valence electrons. The Balaban J connectivity index is 1.54. The molecule has 0 saturated carbocycles. The SMILES string of the molecule is CCN(CC)c1ccc(CNC(=O)c2ccc(CS(=O)(=O)N3CCCCC3)cc2)cc1. The molecule has 1 heterocycles. The molecule has 1 amide bonds. The van der Waals surface area contributed by atoms with Gasteiger partial charge < -0.3 is 10.2 Å². The van der Waals surface area contributed by atoms with E-state index in [4.69, 9.17) is 0 Å². The maximum Gasteiger partial charge on any atom is 0.251 e. The van der Waals surface area contributed by atoms with Gasteiger partial charge in [-0.1, -0.05) is 30.7 Å². The number of hydrogen-bond acceptors (Lipinski definition) is 4. The molecular formula is C24H33N3O3S. The monoisotopic (exact) mass is 443 g/mol. The van der Waals surface area contributed by atoms with Crippen LogP contribution < -0.4 is 10.2 Å². The van der Waals surface area contributed by atoms with Gasteiger partial charge in [0.1, 0.15) is 0 Å². The summed E-state index contributed by atoms with van der Waals surface area (Å²) >= 11 is 0. The van der Waals surface area contributed by atoms with E-state index >= 15 is 0 Å². The van der Waals surface area contributed by atoms with Gasteiger partial charge in [0.2, 0.25) is 10.0 Å². The van der Waals surface area contributed by atoms with Crippen molar-refractivity contribution in [3.8, 4) is 0 Å². The number of sulfonamides is 1. The second-order valence-corrected chi connectivity index (χ2v) is 9.90. The fourth-order valence-corrected chi connectivity index (χ4v) is 5.51. The average Bonchev–Trinajstić information content (AvgIpc) is 2.80. The number of carbonyl (C=O) groups excluding carboxylic acids is 1. The van der Waals surface area contributed by atoms with Crippen LogP contribution in [0.1, 0.15) is 54.6 Å². The van der Waals surface area contributed by atoms with Crippen molar-refractivity contribution in [1.82, 2.24) is 9.62 Å². The maximum absolute atomic E-state index is 12.6. The first kappa shape index (κ1) is 23.3. The summed E-state index contributed by atoms with van der Waals surface area (Å²) in [7, 11) is -3.30. The van der Waals surface area contributed by atoms with E-state index < -0.39 is 10.0 Å². The molecule has 0 radical (unpaired) electrons. The van der Waals surface area contributed by atoms with Gasteiger partial charge in [0.25, 0.3) is 5.91 Å². The number of benzene rings is 2. The quantitative estimate of drug-likeness (QED) is 0.640. The van der Waals surface area contributed by atoms with Gasteiger partial charge in [0.15, 0.2) is 0 Å². The van der Waals surface area contributed by atoms with E-state index in [1.807, 2.05) is 12.1 Å². The van der Waals surface area contributed by atoms with Gasteiger partial charge in [-0.2, -0.15) is 0 Å². The molecule has 1 aliphatic heterocycles. The van der Waals surface area contributed by atoms with E-state index in [1.54, 1.807) is 28.6 Å². The third kappa shape index (κ3) is 6.31. The van der Waals surface area contributed by atoms with Gasteiger partial charge in [-0.25, -0.2) is 12.7 Å². The number of nitrogens with zero attached hydrogens (tertiary/aromatic N) is 2. The molecule has 1 saturated heterocycles. The zero-order valence-corrected chi connectivity index (χ0v) is 19.3. The van der Waals surface area contributed by atoms with Crippen LogP contribution in [0.2, 0.25) is 0 Å². The van der Waals surface area contributed by atoms with E-state index in [1.165, 1.54) is 5.69 Å². The zero-order valence-electron chi connectivity index (χ0n) is 18.5. The van der Waals surface area contributed by atoms with Gasteiger partial charge in [0.05, 0.1) is 5.75 Å². The first-order chi connectivity index (χ1) is 14.9. The molecule has 1 aliphatic rings. The Bertz CT molecular complexity index is 947. The minimum absolute atomic E-state index is 0.0201. The summed E-state index contributed by atoms with van der Waals surface area (Å²) in [5.74, 6) is -0.188. The highest BCUT2D eigenvalue weighted by atomic mass is 32.2. The van der Waals surface area contributed by atoms with Crippen molar-refractivity contribution >= 4 is 21.6 Å². The summed E-state index contributed by atoms with van der Waals surface area (Å²) in [6.07, 6.45) is 2.95. The molecule has 0 aliphatic carbocycles. The third-order valence-corrected chi connectivity index (χ3v) is 7.64. The van der Waals surface area contributed by atoms with Crippen LogP contribution in [-0.2, 0) is 22.3 Å². The molecule has 2 aromatic carbocycles. The Labute approximate surface area is 186 Å². The van der Waals surface area contributed by atoms with E-state index in [0.29, 0.717) is 30.8 Å². The van der Waals surface area contributed by atoms with Crippen molar-refractivity contribution in [2.45, 2.75) is 45.4 Å². The lowest BCUT2D eigenvalue weighted by Gasteiger charge is -2.25. The summed E-state index contributed by atoms with van der Waals surface area (Å²) in [4.78, 5) is 14.8. The van der Waals surface area contributed by atoms with Crippen LogP contribution in [0.3, 0.4) is 0 Å². The fraction of sp³-hybridized carbons (Fsp3) is 0.458. The molecule has 31 heavy (non-hydrogen) atoms. The largest absolute Gasteiger partial charge is 0.372 e. The summed E-state index contributed by atoms with van der Waals surface area (Å²) in [5.41, 5.74) is 3.44. The van der Waals surface area contributed by atoms with Gasteiger partial charge in [-0.05, 0) is 62.1 Å². The first-order valence-corrected chi connectivity index (χ1v) is 12.7. The third-order valence-electron chi connectivity index (χ3n) is 5.79. The van der Waals surface area contributed by atoms with Crippen LogP contribution in [0.25, 0.3) is 0 Å². The van der Waals surface area contributed by atoms with Crippen molar-refractivity contribution in [1.29, 1.82) is 0 Å². The van der Waals surface area contributed by atoms with Crippen molar-refractivity contribution in [3.05, 3.63) is 65.2 Å². The highest BCUT2D eigenvalue weighted by Crippen LogP contribution is 2.18. The molecular weight excluding hydrogens is 410 g/mol. The van der Waals surface area contributed by atoms with Crippen molar-refractivity contribution in [2.75, 3.05) is 31.1 Å². The topological polar surface area (TPSA) is 69.7 Å². The van der Waals surface area contributed by atoms with Crippen LogP contribution in [0.4, 0.5) is 5.69 Å². The highest BCUT2D eigenvalue weighted by Gasteiger charge is 2.24. The van der Waals surface area contributed by atoms with E-state index in [2.05, 4.69) is 36.2 Å².